The second-order valence-corrected chi connectivity index (χ2v) is 7.01. The molecule has 0 bridgehead atoms. The molecule has 0 spiro atoms. The van der Waals surface area contributed by atoms with E-state index in [1.54, 1.807) is 5.01 Å². The lowest BCUT2D eigenvalue weighted by Crippen LogP contribution is -2.58. The van der Waals surface area contributed by atoms with E-state index in [2.05, 4.69) is 5.43 Å². The maximum absolute atomic E-state index is 12.4. The Morgan fingerprint density at radius 2 is 1.95 bits per heavy atom. The number of nitrogens with zero attached hydrogens (tertiary/aromatic N) is 1. The Hall–Kier alpha value is -1.36. The van der Waals surface area contributed by atoms with Crippen LogP contribution in [0.15, 0.2) is 11.6 Å². The van der Waals surface area contributed by atoms with Gasteiger partial charge in [-0.15, -0.1) is 0 Å². The highest BCUT2D eigenvalue weighted by atomic mass is 16.5. The van der Waals surface area contributed by atoms with Gasteiger partial charge in [-0.2, -0.15) is 0 Å². The van der Waals surface area contributed by atoms with Crippen LogP contribution in [-0.2, 0) is 14.3 Å². The zero-order valence-electron chi connectivity index (χ0n) is 14.2. The van der Waals surface area contributed by atoms with E-state index in [0.717, 1.165) is 5.57 Å². The number of rotatable bonds is 3. The standard InChI is InChI=1S/C16H28N2O3/c1-10(2)21-14(19)13-12(4)11(3)8-9-18(13)17-15(20)16(5,6)7/h8,10,12-13H,9H2,1-7H3,(H,17,20). The number of ether oxygens (including phenoxy) is 1. The number of carbonyl (C=O) groups is 2. The predicted molar refractivity (Wildman–Crippen MR) is 82.2 cm³/mol. The van der Waals surface area contributed by atoms with Crippen molar-refractivity contribution in [2.24, 2.45) is 11.3 Å². The molecule has 21 heavy (non-hydrogen) atoms. The highest BCUT2D eigenvalue weighted by molar-refractivity contribution is 5.82. The first-order valence-corrected chi connectivity index (χ1v) is 7.49. The molecule has 1 aliphatic rings. The molecule has 1 heterocycles. The van der Waals surface area contributed by atoms with Gasteiger partial charge < -0.3 is 4.74 Å². The van der Waals surface area contributed by atoms with Crippen LogP contribution >= 0.6 is 0 Å². The normalized spacial score (nSPS) is 23.7. The number of nitrogens with one attached hydrogen (secondary N) is 1. The van der Waals surface area contributed by atoms with Crippen LogP contribution in [0.5, 0.6) is 0 Å². The molecule has 120 valence electrons. The highest BCUT2D eigenvalue weighted by Gasteiger charge is 2.38. The molecule has 0 aromatic rings. The van der Waals surface area contributed by atoms with Crippen molar-refractivity contribution in [3.63, 3.8) is 0 Å². The monoisotopic (exact) mass is 296 g/mol. The summed E-state index contributed by atoms with van der Waals surface area (Å²) in [6.07, 6.45) is 1.86. The summed E-state index contributed by atoms with van der Waals surface area (Å²) in [6.45, 7) is 13.7. The van der Waals surface area contributed by atoms with Gasteiger partial charge >= 0.3 is 5.97 Å². The summed E-state index contributed by atoms with van der Waals surface area (Å²) in [4.78, 5) is 24.5. The fourth-order valence-electron chi connectivity index (χ4n) is 2.11. The molecule has 0 aromatic carbocycles. The largest absolute Gasteiger partial charge is 0.462 e. The molecule has 5 heteroatoms. The smallest absolute Gasteiger partial charge is 0.326 e. The fourth-order valence-corrected chi connectivity index (χ4v) is 2.11. The maximum Gasteiger partial charge on any atom is 0.326 e. The van der Waals surface area contributed by atoms with Crippen molar-refractivity contribution < 1.29 is 14.3 Å². The Morgan fingerprint density at radius 1 is 1.38 bits per heavy atom. The lowest BCUT2D eigenvalue weighted by Gasteiger charge is -2.38. The average molecular weight is 296 g/mol. The summed E-state index contributed by atoms with van der Waals surface area (Å²) in [6, 6.07) is -0.483. The van der Waals surface area contributed by atoms with Crippen LogP contribution in [0.25, 0.3) is 0 Å². The third-order valence-corrected chi connectivity index (χ3v) is 3.66. The van der Waals surface area contributed by atoms with Crippen LogP contribution in [0.2, 0.25) is 0 Å². The van der Waals surface area contributed by atoms with Gasteiger partial charge in [0.05, 0.1) is 6.10 Å². The van der Waals surface area contributed by atoms with Crippen molar-refractivity contribution in [3.8, 4) is 0 Å². The molecule has 2 atom stereocenters. The molecular formula is C16H28N2O3. The van der Waals surface area contributed by atoms with Gasteiger partial charge in [0.25, 0.3) is 0 Å². The lowest BCUT2D eigenvalue weighted by molar-refractivity contribution is -0.159. The van der Waals surface area contributed by atoms with E-state index in [4.69, 9.17) is 4.74 Å². The Morgan fingerprint density at radius 3 is 2.43 bits per heavy atom. The number of hydrazine groups is 1. The Labute approximate surface area is 127 Å². The minimum absolute atomic E-state index is 0.00488. The maximum atomic E-state index is 12.4. The van der Waals surface area contributed by atoms with Crippen LogP contribution in [0.3, 0.4) is 0 Å². The Balaban J connectivity index is 2.94. The summed E-state index contributed by atoms with van der Waals surface area (Å²) >= 11 is 0. The average Bonchev–Trinajstić information content (AvgIpc) is 2.31. The van der Waals surface area contributed by atoms with Gasteiger partial charge in [0.1, 0.15) is 6.04 Å². The van der Waals surface area contributed by atoms with Gasteiger partial charge in [-0.05, 0) is 20.8 Å². The van der Waals surface area contributed by atoms with E-state index in [1.165, 1.54) is 0 Å². The molecule has 0 radical (unpaired) electrons. The molecule has 1 N–H and O–H groups in total. The second kappa shape index (κ2) is 6.60. The summed E-state index contributed by atoms with van der Waals surface area (Å²) in [5.74, 6) is -0.394. The van der Waals surface area contributed by atoms with Crippen LogP contribution in [0, 0.1) is 11.3 Å². The van der Waals surface area contributed by atoms with Crippen LogP contribution in [-0.4, -0.2) is 35.6 Å². The quantitative estimate of drug-likeness (QED) is 0.641. The zero-order chi connectivity index (χ0) is 16.4. The molecule has 0 saturated heterocycles. The number of hydrogen-bond donors (Lipinski definition) is 1. The molecule has 0 saturated carbocycles. The Kier molecular flexibility index (Phi) is 5.56. The molecule has 1 rings (SSSR count). The first-order valence-electron chi connectivity index (χ1n) is 7.49. The third kappa shape index (κ3) is 4.56. The van der Waals surface area contributed by atoms with E-state index in [1.807, 2.05) is 54.5 Å². The molecule has 0 aliphatic carbocycles. The van der Waals surface area contributed by atoms with Gasteiger partial charge in [0, 0.05) is 17.9 Å². The van der Waals surface area contributed by atoms with Gasteiger partial charge in [0.15, 0.2) is 0 Å². The third-order valence-electron chi connectivity index (χ3n) is 3.66. The molecule has 2 unspecified atom stereocenters. The van der Waals surface area contributed by atoms with Gasteiger partial charge in [-0.1, -0.05) is 39.3 Å². The lowest BCUT2D eigenvalue weighted by atomic mass is 9.90. The van der Waals surface area contributed by atoms with E-state index >= 15 is 0 Å². The second-order valence-electron chi connectivity index (χ2n) is 7.01. The SMILES string of the molecule is CC1=CCN(NC(=O)C(C)(C)C)C(C(=O)OC(C)C)C1C. The summed E-state index contributed by atoms with van der Waals surface area (Å²) in [5.41, 5.74) is 3.50. The molecule has 0 aromatic heterocycles. The number of hydrogen-bond acceptors (Lipinski definition) is 4. The number of amides is 1. The van der Waals surface area contributed by atoms with Crippen molar-refractivity contribution >= 4 is 11.9 Å². The van der Waals surface area contributed by atoms with Crippen molar-refractivity contribution in [2.45, 2.75) is 60.6 Å². The molecule has 0 fully saturated rings. The van der Waals surface area contributed by atoms with Crippen molar-refractivity contribution in [1.29, 1.82) is 0 Å². The highest BCUT2D eigenvalue weighted by Crippen LogP contribution is 2.25. The zero-order valence-corrected chi connectivity index (χ0v) is 14.2. The van der Waals surface area contributed by atoms with Crippen molar-refractivity contribution in [2.75, 3.05) is 6.54 Å². The minimum atomic E-state index is -0.508. The van der Waals surface area contributed by atoms with Crippen LogP contribution in [0.4, 0.5) is 0 Å². The van der Waals surface area contributed by atoms with Gasteiger partial charge in [-0.3, -0.25) is 15.0 Å². The van der Waals surface area contributed by atoms with Crippen LogP contribution in [0.1, 0.15) is 48.5 Å². The number of carbonyl (C=O) groups excluding carboxylic acids is 2. The van der Waals surface area contributed by atoms with E-state index < -0.39 is 11.5 Å². The van der Waals surface area contributed by atoms with Crippen LogP contribution < -0.4 is 5.43 Å². The summed E-state index contributed by atoms with van der Waals surface area (Å²) in [7, 11) is 0. The first kappa shape index (κ1) is 17.7. The van der Waals surface area contributed by atoms with Gasteiger partial charge in [0.2, 0.25) is 5.91 Å². The molecular weight excluding hydrogens is 268 g/mol. The summed E-state index contributed by atoms with van der Waals surface area (Å²) in [5, 5.41) is 1.69. The number of esters is 1. The predicted octanol–water partition coefficient (Wildman–Crippen LogP) is 2.28. The van der Waals surface area contributed by atoms with Crippen molar-refractivity contribution in [3.05, 3.63) is 11.6 Å². The Bertz CT molecular complexity index is 435. The van der Waals surface area contributed by atoms with E-state index in [-0.39, 0.29) is 23.9 Å². The first-order chi connectivity index (χ1) is 9.54. The summed E-state index contributed by atoms with van der Waals surface area (Å²) < 4.78 is 5.35. The molecule has 1 amide bonds. The fraction of sp³-hybridized carbons (Fsp3) is 0.750. The van der Waals surface area contributed by atoms with Gasteiger partial charge in [-0.25, -0.2) is 5.01 Å². The molecule has 5 nitrogen and oxygen atoms in total. The topological polar surface area (TPSA) is 58.6 Å². The van der Waals surface area contributed by atoms with E-state index in [0.29, 0.717) is 6.54 Å². The minimum Gasteiger partial charge on any atom is -0.462 e. The molecule has 1 aliphatic heterocycles. The van der Waals surface area contributed by atoms with E-state index in [9.17, 15) is 9.59 Å². The van der Waals surface area contributed by atoms with Crippen molar-refractivity contribution in [1.82, 2.24) is 10.4 Å².